The van der Waals surface area contributed by atoms with Gasteiger partial charge in [0, 0.05) is 5.56 Å². The highest BCUT2D eigenvalue weighted by Crippen LogP contribution is 2.30. The number of carbonyl (C=O) groups excluding carboxylic acids is 1. The minimum absolute atomic E-state index is 0.0249. The second-order valence-corrected chi connectivity index (χ2v) is 2.71. The molecule has 0 aliphatic rings. The number of aldehydes is 1. The summed E-state index contributed by atoms with van der Waals surface area (Å²) in [5, 5.41) is 0.0249. The Bertz CT molecular complexity index is 326. The van der Waals surface area contributed by atoms with Crippen molar-refractivity contribution >= 4 is 17.9 Å². The molecule has 0 fully saturated rings. The Hall–Kier alpha value is -1.09. The molecule has 0 saturated heterocycles. The predicted molar refractivity (Wildman–Crippen MR) is 48.0 cm³/mol. The normalized spacial score (nSPS) is 9.77. The molecule has 0 saturated carbocycles. The number of hydrogen-bond acceptors (Lipinski definition) is 2. The fourth-order valence-corrected chi connectivity index (χ4v) is 1.17. The van der Waals surface area contributed by atoms with E-state index in [4.69, 9.17) is 16.3 Å². The van der Waals surface area contributed by atoms with Gasteiger partial charge in [0.1, 0.15) is 0 Å². The van der Waals surface area contributed by atoms with Crippen LogP contribution in [0.25, 0.3) is 0 Å². The first-order valence-corrected chi connectivity index (χ1v) is 4.14. The molecule has 2 nitrogen and oxygen atoms in total. The molecule has 0 heterocycles. The lowest BCUT2D eigenvalue weighted by molar-refractivity contribution is 0.112. The van der Waals surface area contributed by atoms with Crippen LogP contribution >= 0.6 is 11.6 Å². The summed E-state index contributed by atoms with van der Waals surface area (Å²) >= 11 is 5.70. The van der Waals surface area contributed by atoms with E-state index >= 15 is 0 Å². The van der Waals surface area contributed by atoms with Gasteiger partial charge < -0.3 is 4.74 Å². The number of carbonyl (C=O) groups is 1. The van der Waals surface area contributed by atoms with E-state index in [1.165, 1.54) is 6.07 Å². The van der Waals surface area contributed by atoms with Crippen LogP contribution in [-0.2, 0) is 0 Å². The summed E-state index contributed by atoms with van der Waals surface area (Å²) in [6.07, 6.45) is 0.560. The molecule has 0 spiro atoms. The first-order valence-electron chi connectivity index (χ1n) is 3.76. The number of rotatable bonds is 3. The Morgan fingerprint density at radius 1 is 1.62 bits per heavy atom. The Morgan fingerprint density at radius 2 is 2.31 bits per heavy atom. The highest BCUT2D eigenvalue weighted by atomic mass is 35.5. The van der Waals surface area contributed by atoms with Crippen LogP contribution in [0.4, 0.5) is 4.39 Å². The fourth-order valence-electron chi connectivity index (χ4n) is 0.915. The van der Waals surface area contributed by atoms with Crippen molar-refractivity contribution in [3.63, 3.8) is 0 Å². The summed E-state index contributed by atoms with van der Waals surface area (Å²) in [5.74, 6) is -0.619. The minimum atomic E-state index is -0.558. The van der Waals surface area contributed by atoms with Crippen LogP contribution in [-0.4, -0.2) is 12.9 Å². The van der Waals surface area contributed by atoms with Gasteiger partial charge in [-0.05, 0) is 19.1 Å². The first kappa shape index (κ1) is 9.99. The Labute approximate surface area is 80.3 Å². The van der Waals surface area contributed by atoms with E-state index in [0.29, 0.717) is 12.9 Å². The fraction of sp³-hybridized carbons (Fsp3) is 0.222. The quantitative estimate of drug-likeness (QED) is 0.705. The molecule has 4 heteroatoms. The van der Waals surface area contributed by atoms with Crippen molar-refractivity contribution in [2.24, 2.45) is 0 Å². The van der Waals surface area contributed by atoms with Gasteiger partial charge in [-0.15, -0.1) is 0 Å². The number of hydrogen-bond donors (Lipinski definition) is 0. The number of ether oxygens (including phenoxy) is 1. The second-order valence-electron chi connectivity index (χ2n) is 2.33. The molecule has 0 aromatic heterocycles. The van der Waals surface area contributed by atoms with Crippen LogP contribution in [0.15, 0.2) is 12.1 Å². The van der Waals surface area contributed by atoms with Gasteiger partial charge in [0.05, 0.1) is 11.6 Å². The standard InChI is InChI=1S/C9H8ClFO2/c1-2-13-9-7(11)4-3-6(5-12)8(9)10/h3-5H,2H2,1H3. The minimum Gasteiger partial charge on any atom is -0.489 e. The molecule has 70 valence electrons. The molecule has 0 N–H and O–H groups in total. The zero-order valence-electron chi connectivity index (χ0n) is 7.01. The Morgan fingerprint density at radius 3 is 2.85 bits per heavy atom. The van der Waals surface area contributed by atoms with E-state index in [9.17, 15) is 9.18 Å². The monoisotopic (exact) mass is 202 g/mol. The third-order valence-electron chi connectivity index (χ3n) is 1.49. The summed E-state index contributed by atoms with van der Waals surface area (Å²) in [6.45, 7) is 2.02. The maximum absolute atomic E-state index is 13.0. The Kier molecular flexibility index (Phi) is 3.25. The molecular weight excluding hydrogens is 195 g/mol. The van der Waals surface area contributed by atoms with Crippen LogP contribution in [0.1, 0.15) is 17.3 Å². The van der Waals surface area contributed by atoms with Crippen molar-refractivity contribution in [1.82, 2.24) is 0 Å². The summed E-state index contributed by atoms with van der Waals surface area (Å²) in [6, 6.07) is 2.47. The average molecular weight is 203 g/mol. The summed E-state index contributed by atoms with van der Waals surface area (Å²) in [5.41, 5.74) is 0.228. The zero-order chi connectivity index (χ0) is 9.84. The first-order chi connectivity index (χ1) is 6.20. The van der Waals surface area contributed by atoms with Gasteiger partial charge in [0.25, 0.3) is 0 Å². The SMILES string of the molecule is CCOc1c(F)ccc(C=O)c1Cl. The van der Waals surface area contributed by atoms with Crippen LogP contribution < -0.4 is 4.74 Å². The van der Waals surface area contributed by atoms with Gasteiger partial charge >= 0.3 is 0 Å². The molecule has 0 amide bonds. The van der Waals surface area contributed by atoms with Crippen molar-refractivity contribution in [3.8, 4) is 5.75 Å². The van der Waals surface area contributed by atoms with Crippen molar-refractivity contribution in [1.29, 1.82) is 0 Å². The van der Waals surface area contributed by atoms with Gasteiger partial charge in [0.2, 0.25) is 0 Å². The van der Waals surface area contributed by atoms with Gasteiger partial charge in [-0.25, -0.2) is 4.39 Å². The smallest absolute Gasteiger partial charge is 0.174 e. The number of benzene rings is 1. The van der Waals surface area contributed by atoms with Gasteiger partial charge in [-0.2, -0.15) is 0 Å². The van der Waals surface area contributed by atoms with Crippen molar-refractivity contribution in [3.05, 3.63) is 28.5 Å². The van der Waals surface area contributed by atoms with Gasteiger partial charge in [0.15, 0.2) is 17.9 Å². The third kappa shape index (κ3) is 1.98. The van der Waals surface area contributed by atoms with E-state index < -0.39 is 5.82 Å². The second kappa shape index (κ2) is 4.23. The summed E-state index contributed by atoms with van der Waals surface area (Å²) < 4.78 is 18.0. The van der Waals surface area contributed by atoms with Crippen molar-refractivity contribution in [2.75, 3.05) is 6.61 Å². The van der Waals surface area contributed by atoms with E-state index in [-0.39, 0.29) is 16.3 Å². The van der Waals surface area contributed by atoms with Crippen LogP contribution in [0.3, 0.4) is 0 Å². The molecule has 1 aromatic carbocycles. The van der Waals surface area contributed by atoms with E-state index in [0.717, 1.165) is 6.07 Å². The molecule has 1 aromatic rings. The summed E-state index contributed by atoms with van der Waals surface area (Å²) in [4.78, 5) is 10.4. The van der Waals surface area contributed by atoms with Crippen LogP contribution in [0, 0.1) is 5.82 Å². The third-order valence-corrected chi connectivity index (χ3v) is 1.88. The van der Waals surface area contributed by atoms with E-state index in [2.05, 4.69) is 0 Å². The average Bonchev–Trinajstić information content (AvgIpc) is 2.12. The highest BCUT2D eigenvalue weighted by Gasteiger charge is 2.11. The topological polar surface area (TPSA) is 26.3 Å². The van der Waals surface area contributed by atoms with Crippen LogP contribution in [0.2, 0.25) is 5.02 Å². The zero-order valence-corrected chi connectivity index (χ0v) is 7.77. The maximum atomic E-state index is 13.0. The molecular formula is C9H8ClFO2. The van der Waals surface area contributed by atoms with E-state index in [1.807, 2.05) is 0 Å². The van der Waals surface area contributed by atoms with Crippen LogP contribution in [0.5, 0.6) is 5.75 Å². The molecule has 0 unspecified atom stereocenters. The predicted octanol–water partition coefficient (Wildman–Crippen LogP) is 2.69. The molecule has 0 aliphatic heterocycles. The largest absolute Gasteiger partial charge is 0.489 e. The van der Waals surface area contributed by atoms with Gasteiger partial charge in [-0.3, -0.25) is 4.79 Å². The van der Waals surface area contributed by atoms with Crippen molar-refractivity contribution in [2.45, 2.75) is 6.92 Å². The lowest BCUT2D eigenvalue weighted by Gasteiger charge is -2.07. The number of halogens is 2. The maximum Gasteiger partial charge on any atom is 0.174 e. The molecule has 13 heavy (non-hydrogen) atoms. The molecule has 0 aliphatic carbocycles. The highest BCUT2D eigenvalue weighted by molar-refractivity contribution is 6.34. The van der Waals surface area contributed by atoms with Crippen molar-refractivity contribution < 1.29 is 13.9 Å². The lowest BCUT2D eigenvalue weighted by atomic mass is 10.2. The van der Waals surface area contributed by atoms with Gasteiger partial charge in [-0.1, -0.05) is 11.6 Å². The summed E-state index contributed by atoms with van der Waals surface area (Å²) in [7, 11) is 0. The Balaban J connectivity index is 3.21. The lowest BCUT2D eigenvalue weighted by Crippen LogP contribution is -1.97. The molecule has 0 radical (unpaired) electrons. The molecule has 0 bridgehead atoms. The molecule has 1 rings (SSSR count). The van der Waals surface area contributed by atoms with E-state index in [1.54, 1.807) is 6.92 Å². The molecule has 0 atom stereocenters.